The second-order valence-corrected chi connectivity index (χ2v) is 3.16. The van der Waals surface area contributed by atoms with Crippen molar-refractivity contribution in [3.05, 3.63) is 35.9 Å². The van der Waals surface area contributed by atoms with Gasteiger partial charge in [-0.3, -0.25) is 4.34 Å². The van der Waals surface area contributed by atoms with Crippen LogP contribution in [0.3, 0.4) is 0 Å². The molecule has 1 nitrogen and oxygen atoms in total. The van der Waals surface area contributed by atoms with Crippen LogP contribution in [0.4, 0.5) is 0 Å². The Hall–Kier alpha value is -0.340. The number of nitrogens with one attached hydrogen (secondary N) is 1. The first-order valence-electron chi connectivity index (χ1n) is 3.73. The van der Waals surface area contributed by atoms with Gasteiger partial charge in [0.05, 0.1) is 0 Å². The molecule has 0 bridgehead atoms. The molecule has 60 valence electrons. The van der Waals surface area contributed by atoms with Gasteiger partial charge in [0.25, 0.3) is 0 Å². The summed E-state index contributed by atoms with van der Waals surface area (Å²) in [5, 5.41) is 0. The van der Waals surface area contributed by atoms with Crippen molar-refractivity contribution in [3.8, 4) is 0 Å². The minimum absolute atomic E-state index is 0.484. The summed E-state index contributed by atoms with van der Waals surface area (Å²) in [6, 6.07) is 10.9. The molecular formula is C9H12BrN. The Balaban J connectivity index is 2.51. The van der Waals surface area contributed by atoms with Gasteiger partial charge in [0.15, 0.2) is 0 Å². The van der Waals surface area contributed by atoms with Gasteiger partial charge in [-0.05, 0) is 18.9 Å². The van der Waals surface area contributed by atoms with E-state index in [1.165, 1.54) is 5.56 Å². The quantitative estimate of drug-likeness (QED) is 0.762. The molecule has 0 aromatic heterocycles. The maximum Gasteiger partial charge on any atom is 0.0187 e. The maximum absolute atomic E-state index is 3.22. The van der Waals surface area contributed by atoms with Crippen molar-refractivity contribution in [2.75, 3.05) is 0 Å². The molecule has 0 saturated carbocycles. The summed E-state index contributed by atoms with van der Waals surface area (Å²) in [6.45, 7) is 2.14. The lowest BCUT2D eigenvalue weighted by molar-refractivity contribution is 0.698. The molecule has 0 unspecified atom stereocenters. The van der Waals surface area contributed by atoms with E-state index in [1.807, 2.05) is 6.07 Å². The first-order valence-corrected chi connectivity index (χ1v) is 4.52. The predicted molar refractivity (Wildman–Crippen MR) is 51.7 cm³/mol. The van der Waals surface area contributed by atoms with Gasteiger partial charge in [-0.1, -0.05) is 30.3 Å². The van der Waals surface area contributed by atoms with Crippen LogP contribution >= 0.6 is 16.1 Å². The lowest BCUT2D eigenvalue weighted by Crippen LogP contribution is -2.18. The predicted octanol–water partition coefficient (Wildman–Crippen LogP) is 2.52. The van der Waals surface area contributed by atoms with E-state index in [0.29, 0.717) is 6.04 Å². The number of rotatable bonds is 3. The third-order valence-corrected chi connectivity index (χ3v) is 2.35. The highest BCUT2D eigenvalue weighted by Gasteiger charge is 1.98. The molecule has 0 heterocycles. The van der Waals surface area contributed by atoms with E-state index in [2.05, 4.69) is 51.7 Å². The molecule has 0 saturated heterocycles. The molecule has 0 aliphatic carbocycles. The molecule has 1 aromatic rings. The minimum atomic E-state index is 0.484. The lowest BCUT2D eigenvalue weighted by atomic mass is 10.1. The van der Waals surface area contributed by atoms with Crippen LogP contribution in [0.25, 0.3) is 0 Å². The van der Waals surface area contributed by atoms with Crippen molar-refractivity contribution in [3.63, 3.8) is 0 Å². The Kier molecular flexibility index (Phi) is 3.60. The zero-order valence-corrected chi connectivity index (χ0v) is 8.14. The maximum atomic E-state index is 3.22. The molecule has 0 spiro atoms. The van der Waals surface area contributed by atoms with Gasteiger partial charge in [-0.25, -0.2) is 0 Å². The van der Waals surface area contributed by atoms with E-state index < -0.39 is 0 Å². The molecule has 0 amide bonds. The van der Waals surface area contributed by atoms with Gasteiger partial charge in [0.1, 0.15) is 0 Å². The Labute approximate surface area is 76.2 Å². The Bertz CT molecular complexity index is 198. The monoisotopic (exact) mass is 213 g/mol. The fourth-order valence-corrected chi connectivity index (χ4v) is 1.17. The van der Waals surface area contributed by atoms with Gasteiger partial charge in [-0.15, -0.1) is 0 Å². The fourth-order valence-electron chi connectivity index (χ4n) is 1.01. The van der Waals surface area contributed by atoms with E-state index in [-0.39, 0.29) is 0 Å². The number of hydrogen-bond acceptors (Lipinski definition) is 1. The molecule has 0 fully saturated rings. The molecular weight excluding hydrogens is 202 g/mol. The van der Waals surface area contributed by atoms with Crippen molar-refractivity contribution in [1.29, 1.82) is 0 Å². The van der Waals surface area contributed by atoms with Crippen LogP contribution in [0.1, 0.15) is 12.5 Å². The third-order valence-electron chi connectivity index (χ3n) is 1.57. The van der Waals surface area contributed by atoms with Crippen molar-refractivity contribution < 1.29 is 0 Å². The van der Waals surface area contributed by atoms with Crippen LogP contribution in [0.5, 0.6) is 0 Å². The van der Waals surface area contributed by atoms with Gasteiger partial charge in [0.2, 0.25) is 0 Å². The topological polar surface area (TPSA) is 12.0 Å². The largest absolute Gasteiger partial charge is 0.253 e. The van der Waals surface area contributed by atoms with Crippen molar-refractivity contribution in [2.24, 2.45) is 0 Å². The minimum Gasteiger partial charge on any atom is -0.253 e. The first kappa shape index (κ1) is 8.75. The van der Waals surface area contributed by atoms with E-state index in [1.54, 1.807) is 0 Å². The SMILES string of the molecule is C[C@H](Cc1ccccc1)NBr. The normalized spacial score (nSPS) is 12.9. The summed E-state index contributed by atoms with van der Waals surface area (Å²) in [5.74, 6) is 0. The molecule has 2 heteroatoms. The summed E-state index contributed by atoms with van der Waals surface area (Å²) in [7, 11) is 0. The van der Waals surface area contributed by atoms with E-state index >= 15 is 0 Å². The number of hydrogen-bond donors (Lipinski definition) is 1. The highest BCUT2D eigenvalue weighted by atomic mass is 79.9. The van der Waals surface area contributed by atoms with Crippen LogP contribution in [-0.4, -0.2) is 6.04 Å². The summed E-state index contributed by atoms with van der Waals surface area (Å²) < 4.78 is 3.03. The van der Waals surface area contributed by atoms with Crippen molar-refractivity contribution in [2.45, 2.75) is 19.4 Å². The molecule has 11 heavy (non-hydrogen) atoms. The summed E-state index contributed by atoms with van der Waals surface area (Å²) in [5.41, 5.74) is 1.37. The molecule has 0 aliphatic rings. The van der Waals surface area contributed by atoms with Crippen LogP contribution in [0, 0.1) is 0 Å². The van der Waals surface area contributed by atoms with Crippen LogP contribution < -0.4 is 4.34 Å². The third kappa shape index (κ3) is 3.04. The highest BCUT2D eigenvalue weighted by molar-refractivity contribution is 9.08. The zero-order valence-electron chi connectivity index (χ0n) is 6.55. The van der Waals surface area contributed by atoms with Gasteiger partial charge >= 0.3 is 0 Å². The average molecular weight is 214 g/mol. The lowest BCUT2D eigenvalue weighted by Gasteiger charge is -2.07. The Morgan fingerprint density at radius 1 is 1.36 bits per heavy atom. The first-order chi connectivity index (χ1) is 5.33. The van der Waals surface area contributed by atoms with Gasteiger partial charge in [0, 0.05) is 22.2 Å². The Morgan fingerprint density at radius 3 is 2.55 bits per heavy atom. The summed E-state index contributed by atoms with van der Waals surface area (Å²) in [6.07, 6.45) is 1.06. The zero-order chi connectivity index (χ0) is 8.10. The number of halogens is 1. The summed E-state index contributed by atoms with van der Waals surface area (Å²) in [4.78, 5) is 0. The molecule has 0 aliphatic heterocycles. The Morgan fingerprint density at radius 2 is 2.00 bits per heavy atom. The van der Waals surface area contributed by atoms with Gasteiger partial charge < -0.3 is 0 Å². The second-order valence-electron chi connectivity index (χ2n) is 2.70. The molecule has 1 rings (SSSR count). The number of benzene rings is 1. The van der Waals surface area contributed by atoms with E-state index in [4.69, 9.17) is 0 Å². The summed E-state index contributed by atoms with van der Waals surface area (Å²) >= 11 is 3.22. The smallest absolute Gasteiger partial charge is 0.0187 e. The van der Waals surface area contributed by atoms with E-state index in [0.717, 1.165) is 6.42 Å². The van der Waals surface area contributed by atoms with Crippen molar-refractivity contribution >= 4 is 16.1 Å². The second kappa shape index (κ2) is 4.52. The highest BCUT2D eigenvalue weighted by Crippen LogP contribution is 2.02. The molecule has 0 radical (unpaired) electrons. The fraction of sp³-hybridized carbons (Fsp3) is 0.333. The van der Waals surface area contributed by atoms with E-state index in [9.17, 15) is 0 Å². The van der Waals surface area contributed by atoms with Crippen LogP contribution in [-0.2, 0) is 6.42 Å². The molecule has 1 atom stereocenters. The molecule has 1 aromatic carbocycles. The van der Waals surface area contributed by atoms with Crippen molar-refractivity contribution in [1.82, 2.24) is 4.34 Å². The van der Waals surface area contributed by atoms with Crippen LogP contribution in [0.2, 0.25) is 0 Å². The average Bonchev–Trinajstić information content (AvgIpc) is 2.06. The standard InChI is InChI=1S/C9H12BrN/c1-8(11-10)7-9-5-3-2-4-6-9/h2-6,8,11H,7H2,1H3/t8-/m1/s1. The van der Waals surface area contributed by atoms with Gasteiger partial charge in [-0.2, -0.15) is 0 Å². The van der Waals surface area contributed by atoms with Crippen LogP contribution in [0.15, 0.2) is 30.3 Å². The molecule has 1 N–H and O–H groups in total.